The summed E-state index contributed by atoms with van der Waals surface area (Å²) < 4.78 is 26.3. The zero-order valence-corrected chi connectivity index (χ0v) is 15.1. The predicted molar refractivity (Wildman–Crippen MR) is 102 cm³/mol. The number of sulfonamides is 1. The summed E-state index contributed by atoms with van der Waals surface area (Å²) in [5.41, 5.74) is 3.60. The van der Waals surface area contributed by atoms with Crippen LogP contribution in [0.1, 0.15) is 23.1 Å². The molecule has 0 aliphatic carbocycles. The summed E-state index contributed by atoms with van der Waals surface area (Å²) in [5, 5.41) is 3.88. The van der Waals surface area contributed by atoms with Crippen LogP contribution in [-0.4, -0.2) is 20.9 Å². The third-order valence-electron chi connectivity index (χ3n) is 3.59. The Morgan fingerprint density at radius 2 is 1.72 bits per heavy atom. The topological polar surface area (TPSA) is 75.3 Å². The van der Waals surface area contributed by atoms with E-state index < -0.39 is 10.0 Å². The van der Waals surface area contributed by atoms with Gasteiger partial charge in [-0.1, -0.05) is 48.0 Å². The summed E-state index contributed by atoms with van der Waals surface area (Å²) in [4.78, 5) is 11.9. The van der Waals surface area contributed by atoms with Crippen LogP contribution >= 0.6 is 0 Å². The molecule has 1 amide bonds. The van der Waals surface area contributed by atoms with Gasteiger partial charge in [0.15, 0.2) is 0 Å². The van der Waals surface area contributed by atoms with E-state index in [1.54, 1.807) is 0 Å². The van der Waals surface area contributed by atoms with Crippen molar-refractivity contribution < 1.29 is 13.2 Å². The maximum atomic E-state index is 11.9. The minimum atomic E-state index is -3.58. The molecular formula is C19H22N2O3S. The van der Waals surface area contributed by atoms with Gasteiger partial charge in [0.25, 0.3) is 0 Å². The number of carbonyl (C=O) groups excluding carboxylic acids is 1. The molecule has 0 atom stereocenters. The van der Waals surface area contributed by atoms with Crippen molar-refractivity contribution in [1.82, 2.24) is 4.72 Å². The molecule has 2 N–H and O–H groups in total. The van der Waals surface area contributed by atoms with Crippen molar-refractivity contribution in [1.29, 1.82) is 0 Å². The Morgan fingerprint density at radius 1 is 1.04 bits per heavy atom. The quantitative estimate of drug-likeness (QED) is 0.798. The Bertz CT molecular complexity index is 856. The van der Waals surface area contributed by atoms with Crippen molar-refractivity contribution in [2.75, 3.05) is 11.9 Å². The van der Waals surface area contributed by atoms with E-state index in [0.717, 1.165) is 27.8 Å². The van der Waals surface area contributed by atoms with Crippen LogP contribution in [0.5, 0.6) is 0 Å². The fraction of sp³-hybridized carbons (Fsp3) is 0.211. The van der Waals surface area contributed by atoms with E-state index >= 15 is 0 Å². The van der Waals surface area contributed by atoms with Gasteiger partial charge in [0, 0.05) is 24.1 Å². The second-order valence-corrected chi connectivity index (χ2v) is 7.42. The molecule has 0 radical (unpaired) electrons. The van der Waals surface area contributed by atoms with Crippen LogP contribution < -0.4 is 10.0 Å². The van der Waals surface area contributed by atoms with E-state index in [2.05, 4.69) is 10.0 Å². The standard InChI is InChI=1S/C19H22N2O3S/c1-15-7-9-17(10-8-15)12-14-25(23,24)20-13-11-19(22)21-18-6-4-3-5-16(18)2/h3-10,12,14,20H,11,13H2,1-2H3,(H,21,22)/b14-12+. The fourth-order valence-corrected chi connectivity index (χ4v) is 2.95. The smallest absolute Gasteiger partial charge is 0.233 e. The summed E-state index contributed by atoms with van der Waals surface area (Å²) in [7, 11) is -3.58. The molecule has 0 aromatic heterocycles. The highest BCUT2D eigenvalue weighted by Crippen LogP contribution is 2.13. The third-order valence-corrected chi connectivity index (χ3v) is 4.69. The Morgan fingerprint density at radius 3 is 2.40 bits per heavy atom. The van der Waals surface area contributed by atoms with E-state index in [4.69, 9.17) is 0 Å². The van der Waals surface area contributed by atoms with E-state index in [0.29, 0.717) is 0 Å². The van der Waals surface area contributed by atoms with Crippen LogP contribution in [0.25, 0.3) is 6.08 Å². The SMILES string of the molecule is Cc1ccc(/C=C/S(=O)(=O)NCCC(=O)Nc2ccccc2C)cc1. The van der Waals surface area contributed by atoms with Crippen LogP contribution in [0.4, 0.5) is 5.69 Å². The number of rotatable bonds is 7. The first-order valence-corrected chi connectivity index (χ1v) is 9.50. The number of hydrogen-bond donors (Lipinski definition) is 2. The number of benzene rings is 2. The normalized spacial score (nSPS) is 11.6. The lowest BCUT2D eigenvalue weighted by Gasteiger charge is -2.08. The van der Waals surface area contributed by atoms with Gasteiger partial charge in [-0.3, -0.25) is 4.79 Å². The Hall–Kier alpha value is -2.44. The molecule has 0 aliphatic rings. The third kappa shape index (κ3) is 6.52. The van der Waals surface area contributed by atoms with Crippen LogP contribution in [-0.2, 0) is 14.8 Å². The van der Waals surface area contributed by atoms with Crippen LogP contribution in [0.15, 0.2) is 53.9 Å². The highest BCUT2D eigenvalue weighted by Gasteiger charge is 2.08. The van der Waals surface area contributed by atoms with Crippen molar-refractivity contribution in [2.45, 2.75) is 20.3 Å². The van der Waals surface area contributed by atoms with Gasteiger partial charge in [0.2, 0.25) is 15.9 Å². The van der Waals surface area contributed by atoms with Crippen LogP contribution in [0.2, 0.25) is 0 Å². The van der Waals surface area contributed by atoms with Crippen LogP contribution in [0.3, 0.4) is 0 Å². The molecular weight excluding hydrogens is 336 g/mol. The second-order valence-electron chi connectivity index (χ2n) is 5.77. The van der Waals surface area contributed by atoms with Gasteiger partial charge in [-0.2, -0.15) is 0 Å². The molecule has 0 bridgehead atoms. The van der Waals surface area contributed by atoms with Gasteiger partial charge in [-0.25, -0.2) is 13.1 Å². The van der Waals surface area contributed by atoms with Crippen molar-refractivity contribution in [3.63, 3.8) is 0 Å². The van der Waals surface area contributed by atoms with E-state index in [9.17, 15) is 13.2 Å². The molecule has 2 rings (SSSR count). The first kappa shape index (κ1) is 18.9. The molecule has 0 fully saturated rings. The largest absolute Gasteiger partial charge is 0.326 e. The van der Waals surface area contributed by atoms with E-state index in [1.807, 2.05) is 62.4 Å². The molecule has 2 aromatic carbocycles. The van der Waals surface area contributed by atoms with Crippen molar-refractivity contribution in [3.8, 4) is 0 Å². The number of aryl methyl sites for hydroxylation is 2. The van der Waals surface area contributed by atoms with Gasteiger partial charge in [-0.05, 0) is 37.1 Å². The molecule has 6 heteroatoms. The lowest BCUT2D eigenvalue weighted by atomic mass is 10.2. The van der Waals surface area contributed by atoms with Gasteiger partial charge in [0.1, 0.15) is 0 Å². The molecule has 0 unspecified atom stereocenters. The lowest BCUT2D eigenvalue weighted by molar-refractivity contribution is -0.116. The molecule has 0 heterocycles. The average molecular weight is 358 g/mol. The molecule has 132 valence electrons. The van der Waals surface area contributed by atoms with E-state index in [1.165, 1.54) is 6.08 Å². The van der Waals surface area contributed by atoms with Crippen molar-refractivity contribution >= 4 is 27.7 Å². The Labute approximate surface area is 148 Å². The molecule has 25 heavy (non-hydrogen) atoms. The van der Waals surface area contributed by atoms with Gasteiger partial charge >= 0.3 is 0 Å². The highest BCUT2D eigenvalue weighted by molar-refractivity contribution is 7.92. The van der Waals surface area contributed by atoms with Crippen molar-refractivity contribution in [2.24, 2.45) is 0 Å². The number of amides is 1. The maximum Gasteiger partial charge on any atom is 0.233 e. The predicted octanol–water partition coefficient (Wildman–Crippen LogP) is 3.22. The molecule has 0 spiro atoms. The minimum Gasteiger partial charge on any atom is -0.326 e. The Kier molecular flexibility index (Phi) is 6.50. The number of carbonyl (C=O) groups is 1. The summed E-state index contributed by atoms with van der Waals surface area (Å²) >= 11 is 0. The summed E-state index contributed by atoms with van der Waals surface area (Å²) in [6.07, 6.45) is 1.58. The molecule has 0 saturated carbocycles. The molecule has 0 aliphatic heterocycles. The fourth-order valence-electron chi connectivity index (χ4n) is 2.13. The van der Waals surface area contributed by atoms with Crippen molar-refractivity contribution in [3.05, 3.63) is 70.6 Å². The zero-order chi connectivity index (χ0) is 18.3. The Balaban J connectivity index is 1.82. The van der Waals surface area contributed by atoms with Gasteiger partial charge in [-0.15, -0.1) is 0 Å². The number of anilines is 1. The highest BCUT2D eigenvalue weighted by atomic mass is 32.2. The number of nitrogens with one attached hydrogen (secondary N) is 2. The number of para-hydroxylation sites is 1. The van der Waals surface area contributed by atoms with Crippen LogP contribution in [0, 0.1) is 13.8 Å². The van der Waals surface area contributed by atoms with E-state index in [-0.39, 0.29) is 18.9 Å². The van der Waals surface area contributed by atoms with Gasteiger partial charge < -0.3 is 5.32 Å². The summed E-state index contributed by atoms with van der Waals surface area (Å²) in [5.74, 6) is -0.237. The summed E-state index contributed by atoms with van der Waals surface area (Å²) in [6, 6.07) is 14.9. The molecule has 0 saturated heterocycles. The summed E-state index contributed by atoms with van der Waals surface area (Å²) in [6.45, 7) is 3.90. The first-order chi connectivity index (χ1) is 11.9. The first-order valence-electron chi connectivity index (χ1n) is 7.96. The monoisotopic (exact) mass is 358 g/mol. The lowest BCUT2D eigenvalue weighted by Crippen LogP contribution is -2.26. The minimum absolute atomic E-state index is 0.0400. The zero-order valence-electron chi connectivity index (χ0n) is 14.3. The maximum absolute atomic E-state index is 11.9. The average Bonchev–Trinajstić information content (AvgIpc) is 2.56. The van der Waals surface area contributed by atoms with Gasteiger partial charge in [0.05, 0.1) is 0 Å². The second kappa shape index (κ2) is 8.60. The molecule has 5 nitrogen and oxygen atoms in total. The molecule has 2 aromatic rings. The number of hydrogen-bond acceptors (Lipinski definition) is 3.